The molecule has 1 amide bonds. The van der Waals surface area contributed by atoms with E-state index >= 15 is 0 Å². The quantitative estimate of drug-likeness (QED) is 0.256. The third-order valence-electron chi connectivity index (χ3n) is 7.31. The van der Waals surface area contributed by atoms with Crippen molar-refractivity contribution < 1.29 is 39.9 Å². The molecule has 3 aliphatic carbocycles. The number of carbonyl (C=O) groups excluding carboxylic acids is 3. The molecule has 4 rings (SSSR count). The van der Waals surface area contributed by atoms with Gasteiger partial charge in [-0.3, -0.25) is 19.3 Å². The zero-order chi connectivity index (χ0) is 26.1. The first kappa shape index (κ1) is 24.4. The van der Waals surface area contributed by atoms with Crippen LogP contribution in [-0.4, -0.2) is 85.6 Å². The lowest BCUT2D eigenvalue weighted by Crippen LogP contribution is -2.68. The average Bonchev–Trinajstić information content (AvgIpc) is 2.77. The number of phenols is 1. The Balaban J connectivity index is 2.06. The fourth-order valence-electron chi connectivity index (χ4n) is 5.79. The fourth-order valence-corrected chi connectivity index (χ4v) is 5.79. The van der Waals surface area contributed by atoms with Crippen molar-refractivity contribution in [1.29, 1.82) is 0 Å². The number of ketones is 2. The van der Waals surface area contributed by atoms with Gasteiger partial charge in [0, 0.05) is 11.5 Å². The number of nitrogens with zero attached hydrogens (tertiary/aromatic N) is 2. The first-order chi connectivity index (χ1) is 16.3. The van der Waals surface area contributed by atoms with Crippen molar-refractivity contribution in [3.8, 4) is 5.75 Å². The Morgan fingerprint density at radius 2 is 1.86 bits per heavy atom. The summed E-state index contributed by atoms with van der Waals surface area (Å²) >= 11 is 0. The second-order valence-corrected chi connectivity index (χ2v) is 9.22. The molecule has 184 valence electrons. The highest BCUT2D eigenvalue weighted by atomic mass is 16.4. The van der Waals surface area contributed by atoms with Gasteiger partial charge >= 0.3 is 0 Å². The number of hydrogen-bond acceptors (Lipinski definition) is 10. The zero-order valence-corrected chi connectivity index (χ0v) is 19.2. The van der Waals surface area contributed by atoms with Gasteiger partial charge in [-0.1, -0.05) is 13.0 Å². The summed E-state index contributed by atoms with van der Waals surface area (Å²) in [5.74, 6) is -7.17. The van der Waals surface area contributed by atoms with Crippen LogP contribution in [0.25, 0.3) is 0 Å². The normalized spacial score (nSPS) is 32.1. The van der Waals surface area contributed by atoms with E-state index in [2.05, 4.69) is 17.4 Å². The number of likely N-dealkylation sites (N-methyl/N-ethyl adjacent to an activating group) is 1. The van der Waals surface area contributed by atoms with Crippen LogP contribution in [0, 0.1) is 11.8 Å². The van der Waals surface area contributed by atoms with Crippen molar-refractivity contribution in [2.45, 2.75) is 30.6 Å². The largest absolute Gasteiger partial charge is 0.510 e. The van der Waals surface area contributed by atoms with Crippen LogP contribution >= 0.6 is 0 Å². The van der Waals surface area contributed by atoms with E-state index in [0.29, 0.717) is 5.56 Å². The third-order valence-corrected chi connectivity index (χ3v) is 7.31. The van der Waals surface area contributed by atoms with Crippen LogP contribution in [0.5, 0.6) is 5.75 Å². The summed E-state index contributed by atoms with van der Waals surface area (Å²) in [6, 6.07) is 1.67. The summed E-state index contributed by atoms with van der Waals surface area (Å²) in [5, 5.41) is 55.9. The van der Waals surface area contributed by atoms with Crippen LogP contribution in [0.15, 0.2) is 46.4 Å². The number of fused-ring (bicyclic) bond motifs is 3. The van der Waals surface area contributed by atoms with E-state index in [9.17, 15) is 39.9 Å². The molecule has 6 unspecified atom stereocenters. The number of rotatable bonds is 3. The van der Waals surface area contributed by atoms with Gasteiger partial charge in [-0.15, -0.1) is 0 Å². The molecule has 11 nitrogen and oxygen atoms in total. The van der Waals surface area contributed by atoms with Crippen LogP contribution < -0.4 is 5.73 Å². The van der Waals surface area contributed by atoms with Gasteiger partial charge in [-0.2, -0.15) is 0 Å². The van der Waals surface area contributed by atoms with E-state index in [1.165, 1.54) is 31.1 Å². The van der Waals surface area contributed by atoms with Crippen LogP contribution in [0.4, 0.5) is 5.69 Å². The number of aliphatic imine (C=N–C) groups is 1. The molecule has 35 heavy (non-hydrogen) atoms. The van der Waals surface area contributed by atoms with E-state index in [4.69, 9.17) is 5.73 Å². The van der Waals surface area contributed by atoms with Gasteiger partial charge in [0.15, 0.2) is 17.1 Å². The highest BCUT2D eigenvalue weighted by Gasteiger charge is 2.67. The van der Waals surface area contributed by atoms with Gasteiger partial charge in [0.25, 0.3) is 5.91 Å². The maximum atomic E-state index is 13.6. The first-order valence-corrected chi connectivity index (χ1v) is 10.7. The number of aliphatic hydroxyl groups is 4. The van der Waals surface area contributed by atoms with E-state index in [-0.39, 0.29) is 11.3 Å². The minimum absolute atomic E-state index is 0.0175. The number of Topliss-reactive ketones (excluding diaryl/α,β-unsaturated/α-hetero) is 2. The Bertz CT molecular complexity index is 1310. The minimum Gasteiger partial charge on any atom is -0.510 e. The molecule has 0 saturated heterocycles. The third kappa shape index (κ3) is 2.96. The van der Waals surface area contributed by atoms with Crippen molar-refractivity contribution >= 4 is 29.0 Å². The smallest absolute Gasteiger partial charge is 0.255 e. The number of aromatic hydroxyl groups is 1. The lowest BCUT2D eigenvalue weighted by atomic mass is 9.55. The number of benzene rings is 1. The molecule has 7 N–H and O–H groups in total. The molecule has 0 saturated carbocycles. The van der Waals surface area contributed by atoms with Crippen LogP contribution in [0.1, 0.15) is 28.8 Å². The molecule has 3 aliphatic rings. The Kier molecular flexibility index (Phi) is 5.49. The molecule has 0 heterocycles. The molecule has 0 spiro atoms. The molecule has 1 aromatic carbocycles. The van der Waals surface area contributed by atoms with E-state index in [0.717, 1.165) is 0 Å². The number of hydrogen-bond donors (Lipinski definition) is 6. The van der Waals surface area contributed by atoms with Gasteiger partial charge in [0.1, 0.15) is 22.8 Å². The summed E-state index contributed by atoms with van der Waals surface area (Å²) in [6.07, 6.45) is -1.64. The van der Waals surface area contributed by atoms with E-state index in [1.54, 1.807) is 6.92 Å². The first-order valence-electron chi connectivity index (χ1n) is 10.7. The molecule has 11 heteroatoms. The number of primary amides is 1. The van der Waals surface area contributed by atoms with Crippen LogP contribution in [0.3, 0.4) is 0 Å². The minimum atomic E-state index is -2.95. The molecule has 0 fully saturated rings. The number of carbonyl (C=O) groups is 3. The fraction of sp³-hybridized carbons (Fsp3) is 0.375. The van der Waals surface area contributed by atoms with Gasteiger partial charge in [0.05, 0.1) is 23.6 Å². The summed E-state index contributed by atoms with van der Waals surface area (Å²) in [4.78, 5) is 44.1. The van der Waals surface area contributed by atoms with Gasteiger partial charge < -0.3 is 31.3 Å². The maximum absolute atomic E-state index is 13.6. The number of aliphatic hydroxyl groups excluding tert-OH is 3. The molecule has 1 aromatic rings. The molecule has 6 atom stereocenters. The number of amides is 1. The topological polar surface area (TPSA) is 194 Å². The second-order valence-electron chi connectivity index (χ2n) is 9.22. The summed E-state index contributed by atoms with van der Waals surface area (Å²) < 4.78 is 0. The predicted octanol–water partition coefficient (Wildman–Crippen LogP) is 0.140. The van der Waals surface area contributed by atoms with Crippen molar-refractivity contribution in [2.24, 2.45) is 22.6 Å². The number of phenolic OH excluding ortho intramolecular Hbond substituents is 1. The summed E-state index contributed by atoms with van der Waals surface area (Å²) in [5.41, 5.74) is 1.03. The zero-order valence-electron chi connectivity index (χ0n) is 19.2. The lowest BCUT2D eigenvalue weighted by molar-refractivity contribution is -0.162. The van der Waals surface area contributed by atoms with Crippen LogP contribution in [0.2, 0.25) is 0 Å². The van der Waals surface area contributed by atoms with E-state index < -0.39 is 81.4 Å². The average molecular weight is 483 g/mol. The molecular formula is C24H25N3O8. The highest BCUT2D eigenvalue weighted by Crippen LogP contribution is 2.56. The van der Waals surface area contributed by atoms with Crippen LogP contribution in [-0.2, 0) is 9.59 Å². The highest BCUT2D eigenvalue weighted by molar-refractivity contribution is 6.25. The number of nitrogens with two attached hydrogens (primary N) is 1. The standard InChI is InChI=1S/C24H25N3O8/c1-5-26-10-7-6-9-8(2)11-13(18(29)12(9)17(10)28)21(32)24(35)15(19(11)30)16(27(3)4)20(31)14(22(24)33)23(25)34/h6-8,11,15-16,19,28,30-32,35H,1H2,2-4H3,(H2,25,34). The van der Waals surface area contributed by atoms with Gasteiger partial charge in [0.2, 0.25) is 5.78 Å². The lowest BCUT2D eigenvalue weighted by Gasteiger charge is -2.53. The maximum Gasteiger partial charge on any atom is 0.255 e. The Morgan fingerprint density at radius 3 is 2.40 bits per heavy atom. The monoisotopic (exact) mass is 483 g/mol. The molecule has 0 bridgehead atoms. The second kappa shape index (κ2) is 7.89. The van der Waals surface area contributed by atoms with E-state index in [1.807, 2.05) is 0 Å². The van der Waals surface area contributed by atoms with Crippen molar-refractivity contribution in [1.82, 2.24) is 4.90 Å². The molecule has 0 aliphatic heterocycles. The molecule has 0 radical (unpaired) electrons. The Hall–Kier alpha value is -3.76. The summed E-state index contributed by atoms with van der Waals surface area (Å²) in [6.45, 7) is 4.98. The SMILES string of the molecule is C=C=Nc1ccc2c(c1O)C(=O)C1=C(O)C3(O)C(=O)C(C(N)=O)=C(O)C(N(C)C)C3C(O)C1C2C. The summed E-state index contributed by atoms with van der Waals surface area (Å²) in [7, 11) is 2.95. The Morgan fingerprint density at radius 1 is 1.23 bits per heavy atom. The Labute approximate surface area is 199 Å². The molecular weight excluding hydrogens is 458 g/mol. The van der Waals surface area contributed by atoms with Gasteiger partial charge in [-0.25, -0.2) is 4.99 Å². The predicted molar refractivity (Wildman–Crippen MR) is 122 cm³/mol. The molecule has 0 aromatic heterocycles. The van der Waals surface area contributed by atoms with Gasteiger partial charge in [-0.05, 0) is 44.1 Å². The van der Waals surface area contributed by atoms with Crippen molar-refractivity contribution in [3.63, 3.8) is 0 Å². The van der Waals surface area contributed by atoms with Crippen molar-refractivity contribution in [3.05, 3.63) is 52.5 Å². The van der Waals surface area contributed by atoms with Crippen molar-refractivity contribution in [2.75, 3.05) is 14.1 Å².